The van der Waals surface area contributed by atoms with Crippen LogP contribution in [0.2, 0.25) is 0 Å². The Morgan fingerprint density at radius 2 is 0.768 bits per heavy atom. The summed E-state index contributed by atoms with van der Waals surface area (Å²) in [7, 11) is 0. The Morgan fingerprint density at radius 3 is 1.43 bits per heavy atom. The summed E-state index contributed by atoms with van der Waals surface area (Å²) in [5.41, 5.74) is 15.1. The number of rotatable bonds is 4. The summed E-state index contributed by atoms with van der Waals surface area (Å²) in [6.45, 7) is 4.73. The Morgan fingerprint density at radius 1 is 0.304 bits per heavy atom. The first-order chi connectivity index (χ1) is 27.5. The molecule has 2 aliphatic carbocycles. The molecule has 1 aromatic heterocycles. The zero-order valence-corrected chi connectivity index (χ0v) is 31.2. The van der Waals surface area contributed by atoms with Gasteiger partial charge in [-0.3, -0.25) is 0 Å². The van der Waals surface area contributed by atoms with Crippen LogP contribution in [0.5, 0.6) is 0 Å². The molecule has 1 spiro atoms. The van der Waals surface area contributed by atoms with Gasteiger partial charge < -0.3 is 0 Å². The summed E-state index contributed by atoms with van der Waals surface area (Å²) in [6, 6.07) is 67.7. The predicted octanol–water partition coefficient (Wildman–Crippen LogP) is 12.7. The highest BCUT2D eigenvalue weighted by atomic mass is 15.0. The molecule has 2 aliphatic rings. The second-order valence-corrected chi connectivity index (χ2v) is 15.5. The summed E-state index contributed by atoms with van der Waals surface area (Å²) >= 11 is 0. The fraction of sp³-hybridized carbons (Fsp3) is 0.0755. The predicted molar refractivity (Wildman–Crippen MR) is 229 cm³/mol. The molecule has 0 atom stereocenters. The highest BCUT2D eigenvalue weighted by molar-refractivity contribution is 6.04. The van der Waals surface area contributed by atoms with Gasteiger partial charge in [0, 0.05) is 22.1 Å². The van der Waals surface area contributed by atoms with Gasteiger partial charge in [-0.2, -0.15) is 0 Å². The normalized spacial score (nSPS) is 14.2. The zero-order valence-electron chi connectivity index (χ0n) is 31.2. The standard InChI is InChI=1S/C53H37N3/c1-52(2)45-27-15-16-28-46(45)53(43-25-13-11-23-40(43)41-24-12-14-26-44(41)53)47-32-29-36(33-48(47)52)50-54-49(35-19-7-4-8-20-35)55-51(56-50)42-31-30-37(34-17-5-3-6-18-34)38-21-9-10-22-39(38)42/h3-33H,1-2H3. The minimum absolute atomic E-state index is 0.290. The smallest absolute Gasteiger partial charge is 0.164 e. The van der Waals surface area contributed by atoms with E-state index in [9.17, 15) is 0 Å². The summed E-state index contributed by atoms with van der Waals surface area (Å²) in [5.74, 6) is 1.96. The molecule has 8 aromatic carbocycles. The maximum Gasteiger partial charge on any atom is 0.164 e. The molecule has 1 heterocycles. The first-order valence-electron chi connectivity index (χ1n) is 19.4. The molecule has 0 bridgehead atoms. The largest absolute Gasteiger partial charge is 0.208 e. The summed E-state index contributed by atoms with van der Waals surface area (Å²) in [4.78, 5) is 15.7. The Kier molecular flexibility index (Phi) is 7.11. The molecule has 11 rings (SSSR count). The van der Waals surface area contributed by atoms with E-state index in [2.05, 4.69) is 184 Å². The van der Waals surface area contributed by atoms with E-state index in [1.165, 1.54) is 55.6 Å². The molecule has 0 unspecified atom stereocenters. The van der Waals surface area contributed by atoms with Crippen LogP contribution in [0.3, 0.4) is 0 Å². The van der Waals surface area contributed by atoms with Gasteiger partial charge in [-0.25, -0.2) is 15.0 Å². The molecule has 0 aliphatic heterocycles. The number of fused-ring (bicyclic) bond motifs is 10. The second kappa shape index (κ2) is 12.3. The van der Waals surface area contributed by atoms with Crippen LogP contribution in [0.15, 0.2) is 188 Å². The van der Waals surface area contributed by atoms with Gasteiger partial charge in [-0.05, 0) is 78.5 Å². The lowest BCUT2D eigenvalue weighted by molar-refractivity contribution is 0.563. The summed E-state index contributed by atoms with van der Waals surface area (Å²) in [5, 5.41) is 2.27. The monoisotopic (exact) mass is 715 g/mol. The maximum absolute atomic E-state index is 5.33. The van der Waals surface area contributed by atoms with Crippen LogP contribution in [-0.4, -0.2) is 15.0 Å². The molecule has 0 saturated carbocycles. The molecule has 264 valence electrons. The quantitative estimate of drug-likeness (QED) is 0.182. The minimum Gasteiger partial charge on any atom is -0.208 e. The van der Waals surface area contributed by atoms with Crippen molar-refractivity contribution in [2.24, 2.45) is 0 Å². The van der Waals surface area contributed by atoms with E-state index in [1.807, 2.05) is 18.2 Å². The van der Waals surface area contributed by atoms with Crippen LogP contribution in [0.4, 0.5) is 0 Å². The SMILES string of the molecule is CC1(C)c2ccccc2C2(c3ccccc3-c3ccccc32)c2ccc(-c3nc(-c4ccccc4)nc(-c4ccc(-c5ccccc5)c5ccccc45)n3)cc21. The van der Waals surface area contributed by atoms with Crippen LogP contribution in [-0.2, 0) is 10.8 Å². The number of hydrogen-bond donors (Lipinski definition) is 0. The molecule has 3 nitrogen and oxygen atoms in total. The third-order valence-electron chi connectivity index (χ3n) is 12.2. The van der Waals surface area contributed by atoms with Gasteiger partial charge in [0.25, 0.3) is 0 Å². The lowest BCUT2D eigenvalue weighted by Crippen LogP contribution is -2.40. The van der Waals surface area contributed by atoms with Crippen LogP contribution in [0, 0.1) is 0 Å². The highest BCUT2D eigenvalue weighted by Crippen LogP contribution is 2.62. The third-order valence-corrected chi connectivity index (χ3v) is 12.2. The van der Waals surface area contributed by atoms with Gasteiger partial charge in [0.2, 0.25) is 0 Å². The molecular formula is C53H37N3. The fourth-order valence-electron chi connectivity index (χ4n) is 9.69. The van der Waals surface area contributed by atoms with Crippen molar-refractivity contribution in [3.05, 3.63) is 221 Å². The van der Waals surface area contributed by atoms with Gasteiger partial charge in [-0.15, -0.1) is 0 Å². The summed E-state index contributed by atoms with van der Waals surface area (Å²) in [6.07, 6.45) is 0. The van der Waals surface area contributed by atoms with E-state index in [1.54, 1.807) is 0 Å². The highest BCUT2D eigenvalue weighted by Gasteiger charge is 2.53. The van der Waals surface area contributed by atoms with Gasteiger partial charge in [0.15, 0.2) is 17.5 Å². The Balaban J connectivity index is 1.16. The first-order valence-corrected chi connectivity index (χ1v) is 19.4. The van der Waals surface area contributed by atoms with Crippen molar-refractivity contribution in [1.29, 1.82) is 0 Å². The number of hydrogen-bond acceptors (Lipinski definition) is 3. The zero-order chi connectivity index (χ0) is 37.4. The average Bonchev–Trinajstić information content (AvgIpc) is 3.56. The lowest BCUT2D eigenvalue weighted by atomic mass is 9.55. The van der Waals surface area contributed by atoms with Gasteiger partial charge in [0.1, 0.15) is 0 Å². The van der Waals surface area contributed by atoms with Crippen molar-refractivity contribution in [2.45, 2.75) is 24.7 Å². The van der Waals surface area contributed by atoms with Crippen LogP contribution >= 0.6 is 0 Å². The van der Waals surface area contributed by atoms with Crippen molar-refractivity contribution in [1.82, 2.24) is 15.0 Å². The molecule has 0 N–H and O–H groups in total. The van der Waals surface area contributed by atoms with E-state index in [-0.39, 0.29) is 5.41 Å². The van der Waals surface area contributed by atoms with Crippen molar-refractivity contribution < 1.29 is 0 Å². The molecule has 3 heteroatoms. The van der Waals surface area contributed by atoms with Gasteiger partial charge >= 0.3 is 0 Å². The average molecular weight is 716 g/mol. The van der Waals surface area contributed by atoms with Crippen LogP contribution in [0.25, 0.3) is 67.2 Å². The Hall–Kier alpha value is -6.97. The molecule has 56 heavy (non-hydrogen) atoms. The Labute approximate surface area is 327 Å². The van der Waals surface area contributed by atoms with Gasteiger partial charge in [-0.1, -0.05) is 190 Å². The van der Waals surface area contributed by atoms with Gasteiger partial charge in [0.05, 0.1) is 5.41 Å². The van der Waals surface area contributed by atoms with Crippen molar-refractivity contribution in [2.75, 3.05) is 0 Å². The first kappa shape index (κ1) is 32.5. The molecule has 0 fully saturated rings. The number of aromatic nitrogens is 3. The second-order valence-electron chi connectivity index (χ2n) is 15.5. The van der Waals surface area contributed by atoms with Crippen molar-refractivity contribution in [3.63, 3.8) is 0 Å². The van der Waals surface area contributed by atoms with E-state index in [4.69, 9.17) is 15.0 Å². The molecule has 0 radical (unpaired) electrons. The minimum atomic E-state index is -0.452. The fourth-order valence-corrected chi connectivity index (χ4v) is 9.69. The molecule has 9 aromatic rings. The van der Waals surface area contributed by atoms with E-state index in [0.717, 1.165) is 27.5 Å². The molecule has 0 saturated heterocycles. The van der Waals surface area contributed by atoms with Crippen LogP contribution < -0.4 is 0 Å². The topological polar surface area (TPSA) is 38.7 Å². The Bertz CT molecular complexity index is 2950. The lowest BCUT2D eigenvalue weighted by Gasteiger charge is -2.46. The van der Waals surface area contributed by atoms with Crippen molar-refractivity contribution in [3.8, 4) is 56.4 Å². The third kappa shape index (κ3) is 4.61. The molecular weight excluding hydrogens is 679 g/mol. The van der Waals surface area contributed by atoms with E-state index in [0.29, 0.717) is 17.5 Å². The van der Waals surface area contributed by atoms with E-state index < -0.39 is 5.41 Å². The summed E-state index contributed by atoms with van der Waals surface area (Å²) < 4.78 is 0. The number of benzene rings is 8. The number of nitrogens with zero attached hydrogens (tertiary/aromatic N) is 3. The van der Waals surface area contributed by atoms with Crippen molar-refractivity contribution >= 4 is 10.8 Å². The molecule has 0 amide bonds. The van der Waals surface area contributed by atoms with Crippen LogP contribution in [0.1, 0.15) is 47.2 Å². The maximum atomic E-state index is 5.33. The van der Waals surface area contributed by atoms with E-state index >= 15 is 0 Å².